The third kappa shape index (κ3) is 29.0. The molecule has 2 aliphatic carbocycles. The van der Waals surface area contributed by atoms with Crippen molar-refractivity contribution in [3.63, 3.8) is 0 Å². The Morgan fingerprint density at radius 1 is 0.588 bits per heavy atom. The Bertz CT molecular complexity index is 1610. The Morgan fingerprint density at radius 3 is 1.43 bits per heavy atom. The van der Waals surface area contributed by atoms with E-state index in [2.05, 4.69) is 49.1 Å². The van der Waals surface area contributed by atoms with Gasteiger partial charge in [0.25, 0.3) is 0 Å². The Hall–Kier alpha value is -4.10. The minimum absolute atomic E-state index is 0.00706. The van der Waals surface area contributed by atoms with Crippen molar-refractivity contribution in [2.24, 2.45) is 23.7 Å². The van der Waals surface area contributed by atoms with E-state index in [1.54, 1.807) is 30.4 Å². The molecule has 6 N–H and O–H groups in total. The number of aliphatic hydroxyl groups is 4. The summed E-state index contributed by atoms with van der Waals surface area (Å²) in [6, 6.07) is 0. The predicted molar refractivity (Wildman–Crippen MR) is 272 cm³/mol. The molecule has 2 saturated carbocycles. The van der Waals surface area contributed by atoms with Crippen molar-refractivity contribution in [1.29, 1.82) is 0 Å². The van der Waals surface area contributed by atoms with Crippen molar-refractivity contribution in [3.8, 4) is 0 Å². The lowest BCUT2D eigenvalue weighted by molar-refractivity contribution is -0.154. The molecule has 4 aliphatic rings. The zero-order chi connectivity index (χ0) is 50.1. The number of aliphatic hydroxyl groups excluding tert-OH is 4. The second-order valence-electron chi connectivity index (χ2n) is 19.7. The van der Waals surface area contributed by atoms with Crippen LogP contribution in [0.5, 0.6) is 0 Å². The highest BCUT2D eigenvalue weighted by molar-refractivity contribution is 5.76. The molecule has 8 atom stereocenters. The molecule has 0 aromatic rings. The molecular formula is C56H90N2O10. The normalized spacial score (nSPS) is 29.1. The van der Waals surface area contributed by atoms with Crippen molar-refractivity contribution < 1.29 is 49.1 Å². The molecule has 2 amide bonds. The molecule has 12 nitrogen and oxygen atoms in total. The molecule has 0 radical (unpaired) electrons. The number of hydrogen-bond donors (Lipinski definition) is 6. The summed E-state index contributed by atoms with van der Waals surface area (Å²) in [5.74, 6) is 0.847. The molecule has 2 aliphatic heterocycles. The van der Waals surface area contributed by atoms with E-state index in [-0.39, 0.29) is 48.9 Å². The smallest absolute Gasteiger partial charge is 0.306 e. The Morgan fingerprint density at radius 2 is 1.01 bits per heavy atom. The van der Waals surface area contributed by atoms with Crippen molar-refractivity contribution in [2.45, 2.75) is 205 Å². The summed E-state index contributed by atoms with van der Waals surface area (Å²) in [5.41, 5.74) is 1.77. The maximum Gasteiger partial charge on any atom is 0.306 e. The van der Waals surface area contributed by atoms with Gasteiger partial charge in [0.2, 0.25) is 11.8 Å². The molecular weight excluding hydrogens is 861 g/mol. The Labute approximate surface area is 409 Å². The topological polar surface area (TPSA) is 192 Å². The summed E-state index contributed by atoms with van der Waals surface area (Å²) in [6.45, 7) is 20.4. The van der Waals surface area contributed by atoms with Crippen LogP contribution < -0.4 is 10.6 Å². The molecule has 2 heterocycles. The van der Waals surface area contributed by atoms with Gasteiger partial charge < -0.3 is 40.5 Å². The highest BCUT2D eigenvalue weighted by atomic mass is 16.6. The average Bonchev–Trinajstić information content (AvgIpc) is 3.29. The van der Waals surface area contributed by atoms with Gasteiger partial charge in [0.15, 0.2) is 0 Å². The van der Waals surface area contributed by atoms with Crippen LogP contribution in [0.4, 0.5) is 0 Å². The van der Waals surface area contributed by atoms with Gasteiger partial charge in [-0.05, 0) is 101 Å². The van der Waals surface area contributed by atoms with Crippen LogP contribution in [0, 0.1) is 23.7 Å². The minimum atomic E-state index is -0.976. The third-order valence-electron chi connectivity index (χ3n) is 12.8. The van der Waals surface area contributed by atoms with Gasteiger partial charge in [-0.25, -0.2) is 0 Å². The van der Waals surface area contributed by atoms with E-state index in [0.717, 1.165) is 29.9 Å². The molecule has 0 unspecified atom stereocenters. The van der Waals surface area contributed by atoms with Crippen LogP contribution in [0.2, 0.25) is 0 Å². The van der Waals surface area contributed by atoms with Crippen LogP contribution in [-0.2, 0) is 28.7 Å². The molecule has 0 aromatic heterocycles. The molecule has 4 rings (SSSR count). The fourth-order valence-electron chi connectivity index (χ4n) is 9.00. The van der Waals surface area contributed by atoms with Gasteiger partial charge in [-0.1, -0.05) is 125 Å². The molecule has 2 fully saturated rings. The number of nitrogens with one attached hydrogen (secondary N) is 2. The Balaban J connectivity index is 0.000000406. The summed E-state index contributed by atoms with van der Waals surface area (Å²) in [7, 11) is 0. The van der Waals surface area contributed by atoms with Crippen LogP contribution in [0.3, 0.4) is 0 Å². The van der Waals surface area contributed by atoms with Gasteiger partial charge in [-0.3, -0.25) is 19.2 Å². The number of allylic oxidation sites excluding steroid dienone is 2. The predicted octanol–water partition coefficient (Wildman–Crippen LogP) is 9.53. The maximum atomic E-state index is 12.4. The summed E-state index contributed by atoms with van der Waals surface area (Å²) >= 11 is 0. The molecule has 0 saturated heterocycles. The van der Waals surface area contributed by atoms with Crippen molar-refractivity contribution in [1.82, 2.24) is 10.6 Å². The number of cyclic esters (lactones) is 2. The number of amides is 2. The number of esters is 2. The summed E-state index contributed by atoms with van der Waals surface area (Å²) in [4.78, 5) is 48.4. The largest absolute Gasteiger partial charge is 0.459 e. The van der Waals surface area contributed by atoms with Crippen LogP contribution in [-0.4, -0.2) is 93.9 Å². The second-order valence-corrected chi connectivity index (χ2v) is 19.7. The fraction of sp³-hybridized carbons (Fsp3) is 0.679. The average molecular weight is 951 g/mol. The monoisotopic (exact) mass is 951 g/mol. The molecule has 0 aromatic carbocycles. The zero-order valence-electron chi connectivity index (χ0n) is 41.8. The second kappa shape index (κ2) is 35.9. The lowest BCUT2D eigenvalue weighted by Crippen LogP contribution is -2.30. The summed E-state index contributed by atoms with van der Waals surface area (Å²) in [5, 5.41) is 46.9. The first kappa shape index (κ1) is 60.0. The van der Waals surface area contributed by atoms with Gasteiger partial charge in [0.1, 0.15) is 24.4 Å². The van der Waals surface area contributed by atoms with Gasteiger partial charge in [-0.15, -0.1) is 13.2 Å². The third-order valence-corrected chi connectivity index (χ3v) is 12.8. The van der Waals surface area contributed by atoms with Gasteiger partial charge in [0, 0.05) is 51.6 Å². The standard InChI is InChI=1S/C27H43NO5.C21H33NO5.C8H14/c1-20-17-21(2)19-26(31)28-16-7-6-13-27(32)33-25(12-8-11-23(29)18-20)24(30)15-14-22-9-4-3-5-10-22;1-4-18(24)19-9-7-8-17(23)13-15(2)12-16(3)14-20(25)22-11-6-5-10-21(26)27-19;1-2-8-6-4-3-5-7-8/h8,11,14-15,21-25,29-30H,1,3-7,9-10,12-13,16-19H2,2H3,(H,28,31);4,7-8,16-19,23-24H,1-2,5-6,9-14H2,3H3,(H,22,25);2,8H,1,3-7H2/b11-8+,15-14+;8-7+;/t21-,23+,24-,25-;16-,17+,18-,19-;/m00./s1. The Kier molecular flexibility index (Phi) is 31.7. The summed E-state index contributed by atoms with van der Waals surface area (Å²) < 4.78 is 11.0. The van der Waals surface area contributed by atoms with Crippen LogP contribution >= 0.6 is 0 Å². The first-order chi connectivity index (χ1) is 32.6. The lowest BCUT2D eigenvalue weighted by atomic mass is 9.88. The first-order valence-corrected chi connectivity index (χ1v) is 25.8. The first-order valence-electron chi connectivity index (χ1n) is 25.8. The van der Waals surface area contributed by atoms with Crippen LogP contribution in [0.15, 0.2) is 86.1 Å². The number of rotatable bonds is 6. The molecule has 68 heavy (non-hydrogen) atoms. The highest BCUT2D eigenvalue weighted by Crippen LogP contribution is 2.26. The molecule has 0 spiro atoms. The van der Waals surface area contributed by atoms with E-state index in [1.165, 1.54) is 57.4 Å². The number of carbonyl (C=O) groups excluding carboxylic acids is 4. The van der Waals surface area contributed by atoms with Crippen LogP contribution in [0.25, 0.3) is 0 Å². The minimum Gasteiger partial charge on any atom is -0.459 e. The van der Waals surface area contributed by atoms with Gasteiger partial charge in [0.05, 0.1) is 12.2 Å². The van der Waals surface area contributed by atoms with E-state index in [0.29, 0.717) is 89.6 Å². The van der Waals surface area contributed by atoms with Crippen molar-refractivity contribution >= 4 is 23.8 Å². The number of hydrogen-bond acceptors (Lipinski definition) is 10. The van der Waals surface area contributed by atoms with E-state index in [9.17, 15) is 39.6 Å². The van der Waals surface area contributed by atoms with E-state index < -0.39 is 42.6 Å². The van der Waals surface area contributed by atoms with Crippen LogP contribution in [0.1, 0.15) is 168 Å². The number of ether oxygens (including phenoxy) is 2. The molecule has 12 heteroatoms. The molecule has 0 bridgehead atoms. The fourth-order valence-corrected chi connectivity index (χ4v) is 9.00. The summed E-state index contributed by atoms with van der Waals surface area (Å²) in [6.07, 6.45) is 29.0. The van der Waals surface area contributed by atoms with Crippen molar-refractivity contribution in [2.75, 3.05) is 13.1 Å². The van der Waals surface area contributed by atoms with E-state index in [1.807, 2.05) is 13.8 Å². The van der Waals surface area contributed by atoms with E-state index in [4.69, 9.17) is 9.47 Å². The van der Waals surface area contributed by atoms with Gasteiger partial charge >= 0.3 is 11.9 Å². The number of carbonyl (C=O) groups is 4. The maximum absolute atomic E-state index is 12.4. The SMILES string of the molecule is C=C1C[C@H](C)CC(=O)NCCCCC(=O)O[C@H]([C@@H](O)/C=C/C2CCCCC2)C/C=C/[C@@H](O)C1.C=CC1CCCCC1.C=C[C@H](O)[C@@H]1C/C=C/[C@@H](O)CC(=C)C[C@H](C)CC(=O)NCCCCC(=O)O1. The van der Waals surface area contributed by atoms with E-state index >= 15 is 0 Å². The lowest BCUT2D eigenvalue weighted by Gasteiger charge is -2.22. The quantitative estimate of drug-likeness (QED) is 0.110. The zero-order valence-corrected chi connectivity index (χ0v) is 41.8. The molecule has 384 valence electrons. The highest BCUT2D eigenvalue weighted by Gasteiger charge is 2.23. The van der Waals surface area contributed by atoms with Crippen molar-refractivity contribution in [3.05, 3.63) is 86.1 Å². The van der Waals surface area contributed by atoms with Gasteiger partial charge in [-0.2, -0.15) is 0 Å².